The van der Waals surface area contributed by atoms with Gasteiger partial charge < -0.3 is 10.2 Å². The molecule has 3 heterocycles. The molecule has 3 nitrogen and oxygen atoms in total. The second-order valence-corrected chi connectivity index (χ2v) is 4.74. The summed E-state index contributed by atoms with van der Waals surface area (Å²) in [6, 6.07) is 4.32. The molecule has 1 aromatic rings. The molecule has 3 rings (SSSR count). The van der Waals surface area contributed by atoms with Gasteiger partial charge in [-0.25, -0.2) is 0 Å². The molecule has 0 aromatic carbocycles. The quantitative estimate of drug-likeness (QED) is 0.739. The fourth-order valence-electron chi connectivity index (χ4n) is 2.79. The van der Waals surface area contributed by atoms with Gasteiger partial charge in [0, 0.05) is 43.8 Å². The number of nitrogens with zero attached hydrogens (tertiary/aromatic N) is 2. The second kappa shape index (κ2) is 3.49. The monoisotopic (exact) mass is 203 g/mol. The molecule has 2 aliphatic heterocycles. The van der Waals surface area contributed by atoms with Crippen molar-refractivity contribution in [3.05, 3.63) is 24.0 Å². The van der Waals surface area contributed by atoms with Gasteiger partial charge in [0.25, 0.3) is 0 Å². The Hall–Kier alpha value is -1.09. The Bertz CT molecular complexity index is 352. The highest BCUT2D eigenvalue weighted by molar-refractivity contribution is 5.47. The van der Waals surface area contributed by atoms with E-state index < -0.39 is 0 Å². The summed E-state index contributed by atoms with van der Waals surface area (Å²) in [6.07, 6.45) is 1.91. The zero-order valence-electron chi connectivity index (χ0n) is 9.11. The molecule has 0 bridgehead atoms. The van der Waals surface area contributed by atoms with E-state index in [-0.39, 0.29) is 0 Å². The van der Waals surface area contributed by atoms with Gasteiger partial charge in [0.05, 0.1) is 0 Å². The third-order valence-electron chi connectivity index (χ3n) is 3.63. The molecule has 0 radical (unpaired) electrons. The molecule has 1 aromatic heterocycles. The van der Waals surface area contributed by atoms with E-state index in [1.165, 1.54) is 31.9 Å². The van der Waals surface area contributed by atoms with Crippen molar-refractivity contribution >= 4 is 5.69 Å². The number of nitrogens with one attached hydrogen (secondary N) is 1. The molecular formula is C12H17N3. The van der Waals surface area contributed by atoms with Crippen LogP contribution in [0.3, 0.4) is 0 Å². The average molecular weight is 203 g/mol. The fraction of sp³-hybridized carbons (Fsp3) is 0.583. The molecule has 0 saturated carbocycles. The van der Waals surface area contributed by atoms with Gasteiger partial charge in [-0.3, -0.25) is 4.98 Å². The molecule has 15 heavy (non-hydrogen) atoms. The van der Waals surface area contributed by atoms with Crippen LogP contribution in [0.15, 0.2) is 18.3 Å². The Balaban J connectivity index is 1.79. The first kappa shape index (κ1) is 9.16. The van der Waals surface area contributed by atoms with Crippen molar-refractivity contribution in [1.82, 2.24) is 10.3 Å². The second-order valence-electron chi connectivity index (χ2n) is 4.74. The van der Waals surface area contributed by atoms with Crippen molar-refractivity contribution in [2.24, 2.45) is 11.8 Å². The lowest BCUT2D eigenvalue weighted by Crippen LogP contribution is -2.25. The maximum absolute atomic E-state index is 4.24. The molecule has 0 amide bonds. The van der Waals surface area contributed by atoms with Crippen LogP contribution >= 0.6 is 0 Å². The fourth-order valence-corrected chi connectivity index (χ4v) is 2.79. The third kappa shape index (κ3) is 1.61. The van der Waals surface area contributed by atoms with Gasteiger partial charge >= 0.3 is 0 Å². The van der Waals surface area contributed by atoms with E-state index in [4.69, 9.17) is 0 Å². The van der Waals surface area contributed by atoms with Crippen molar-refractivity contribution in [3.8, 4) is 0 Å². The standard InChI is InChI=1S/C12H17N3/c1-9-4-12(2-3-14-9)15-7-10-5-13-6-11(10)8-15/h2-4,10-11,13H,5-8H2,1H3/t10-,11+. The Kier molecular flexibility index (Phi) is 2.13. The zero-order chi connectivity index (χ0) is 10.3. The Morgan fingerprint density at radius 2 is 2.07 bits per heavy atom. The molecule has 2 atom stereocenters. The van der Waals surface area contributed by atoms with Crippen molar-refractivity contribution in [3.63, 3.8) is 0 Å². The molecule has 1 N–H and O–H groups in total. The van der Waals surface area contributed by atoms with Crippen molar-refractivity contribution in [1.29, 1.82) is 0 Å². The van der Waals surface area contributed by atoms with Crippen molar-refractivity contribution in [2.45, 2.75) is 6.92 Å². The van der Waals surface area contributed by atoms with E-state index in [1.807, 2.05) is 6.20 Å². The molecule has 0 unspecified atom stereocenters. The third-order valence-corrected chi connectivity index (χ3v) is 3.63. The van der Waals surface area contributed by atoms with Gasteiger partial charge in [-0.05, 0) is 30.9 Å². The first-order valence-corrected chi connectivity index (χ1v) is 5.71. The van der Waals surface area contributed by atoms with E-state index in [0.717, 1.165) is 17.5 Å². The van der Waals surface area contributed by atoms with Gasteiger partial charge in [0.1, 0.15) is 0 Å². The Labute approximate surface area is 90.5 Å². The maximum atomic E-state index is 4.24. The summed E-state index contributed by atoms with van der Waals surface area (Å²) >= 11 is 0. The minimum atomic E-state index is 0.860. The molecule has 3 heteroatoms. The van der Waals surface area contributed by atoms with Crippen LogP contribution in [0, 0.1) is 18.8 Å². The summed E-state index contributed by atoms with van der Waals surface area (Å²) in [7, 11) is 0. The van der Waals surface area contributed by atoms with E-state index in [2.05, 4.69) is 34.3 Å². The van der Waals surface area contributed by atoms with Crippen LogP contribution in [0.1, 0.15) is 5.69 Å². The first-order valence-electron chi connectivity index (χ1n) is 5.71. The average Bonchev–Trinajstić information content (AvgIpc) is 2.76. The highest BCUT2D eigenvalue weighted by Gasteiger charge is 2.35. The van der Waals surface area contributed by atoms with E-state index in [9.17, 15) is 0 Å². The largest absolute Gasteiger partial charge is 0.371 e. The Morgan fingerprint density at radius 3 is 2.73 bits per heavy atom. The lowest BCUT2D eigenvalue weighted by atomic mass is 10.0. The number of fused-ring (bicyclic) bond motifs is 1. The first-order chi connectivity index (χ1) is 7.33. The van der Waals surface area contributed by atoms with Gasteiger partial charge in [-0.1, -0.05) is 0 Å². The lowest BCUT2D eigenvalue weighted by Gasteiger charge is -2.19. The topological polar surface area (TPSA) is 28.2 Å². The van der Waals surface area contributed by atoms with Gasteiger partial charge in [-0.15, -0.1) is 0 Å². The number of rotatable bonds is 1. The van der Waals surface area contributed by atoms with Crippen LogP contribution in [0.25, 0.3) is 0 Å². The molecule has 0 spiro atoms. The minimum Gasteiger partial charge on any atom is -0.371 e. The zero-order valence-corrected chi connectivity index (χ0v) is 9.11. The van der Waals surface area contributed by atoms with E-state index in [1.54, 1.807) is 0 Å². The SMILES string of the molecule is Cc1cc(N2C[C@H]3CNC[C@H]3C2)ccn1. The van der Waals surface area contributed by atoms with Crippen LogP contribution in [-0.4, -0.2) is 31.2 Å². The lowest BCUT2D eigenvalue weighted by molar-refractivity contribution is 0.533. The minimum absolute atomic E-state index is 0.860. The van der Waals surface area contributed by atoms with Gasteiger partial charge in [0.2, 0.25) is 0 Å². The normalized spacial score (nSPS) is 29.5. The number of hydrogen-bond acceptors (Lipinski definition) is 3. The number of aromatic nitrogens is 1. The Morgan fingerprint density at radius 1 is 1.33 bits per heavy atom. The van der Waals surface area contributed by atoms with Crippen LogP contribution in [-0.2, 0) is 0 Å². The highest BCUT2D eigenvalue weighted by atomic mass is 15.2. The summed E-state index contributed by atoms with van der Waals surface area (Å²) < 4.78 is 0. The predicted octanol–water partition coefficient (Wildman–Crippen LogP) is 1.05. The molecule has 2 saturated heterocycles. The van der Waals surface area contributed by atoms with Crippen LogP contribution in [0.5, 0.6) is 0 Å². The summed E-state index contributed by atoms with van der Waals surface area (Å²) in [6.45, 7) is 6.88. The molecular weight excluding hydrogens is 186 g/mol. The van der Waals surface area contributed by atoms with Gasteiger partial charge in [-0.2, -0.15) is 0 Å². The van der Waals surface area contributed by atoms with Crippen LogP contribution < -0.4 is 10.2 Å². The molecule has 2 aliphatic rings. The predicted molar refractivity (Wildman–Crippen MR) is 61.0 cm³/mol. The van der Waals surface area contributed by atoms with Crippen LogP contribution in [0.4, 0.5) is 5.69 Å². The number of pyridine rings is 1. The van der Waals surface area contributed by atoms with E-state index in [0.29, 0.717) is 0 Å². The van der Waals surface area contributed by atoms with Crippen molar-refractivity contribution in [2.75, 3.05) is 31.1 Å². The molecule has 80 valence electrons. The summed E-state index contributed by atoms with van der Waals surface area (Å²) in [4.78, 5) is 6.75. The van der Waals surface area contributed by atoms with Crippen molar-refractivity contribution < 1.29 is 0 Å². The summed E-state index contributed by atoms with van der Waals surface area (Å²) in [5, 5.41) is 3.47. The number of anilines is 1. The number of hydrogen-bond donors (Lipinski definition) is 1. The molecule has 0 aliphatic carbocycles. The summed E-state index contributed by atoms with van der Waals surface area (Å²) in [5.74, 6) is 1.72. The smallest absolute Gasteiger partial charge is 0.0400 e. The van der Waals surface area contributed by atoms with Gasteiger partial charge in [0.15, 0.2) is 0 Å². The highest BCUT2D eigenvalue weighted by Crippen LogP contribution is 2.30. The van der Waals surface area contributed by atoms with Crippen LogP contribution in [0.2, 0.25) is 0 Å². The van der Waals surface area contributed by atoms with E-state index >= 15 is 0 Å². The summed E-state index contributed by atoms with van der Waals surface area (Å²) in [5.41, 5.74) is 2.46. The maximum Gasteiger partial charge on any atom is 0.0400 e. The molecule has 2 fully saturated rings. The number of aryl methyl sites for hydroxylation is 1.